The Morgan fingerprint density at radius 1 is 1.27 bits per heavy atom. The summed E-state index contributed by atoms with van der Waals surface area (Å²) in [6.07, 6.45) is 4.33. The Morgan fingerprint density at radius 2 is 2.05 bits per heavy atom. The van der Waals surface area contributed by atoms with Crippen LogP contribution in [0.4, 0.5) is 0 Å². The predicted octanol–water partition coefficient (Wildman–Crippen LogP) is 3.57. The smallest absolute Gasteiger partial charge is 0.306 e. The number of hydrogen-bond acceptors (Lipinski definition) is 3. The SMILES string of the molecule is COC(=O)CC1(CCCC=O)Cc2cccc3cccc1c23. The highest BCUT2D eigenvalue weighted by Gasteiger charge is 2.40. The number of methoxy groups -OCH3 is 1. The summed E-state index contributed by atoms with van der Waals surface area (Å²) >= 11 is 0. The van der Waals surface area contributed by atoms with E-state index in [1.54, 1.807) is 0 Å². The van der Waals surface area contributed by atoms with Crippen LogP contribution in [0.3, 0.4) is 0 Å². The van der Waals surface area contributed by atoms with Crippen molar-refractivity contribution in [2.24, 2.45) is 0 Å². The van der Waals surface area contributed by atoms with Gasteiger partial charge < -0.3 is 9.53 Å². The largest absolute Gasteiger partial charge is 0.469 e. The average Bonchev–Trinajstić information content (AvgIpc) is 2.84. The van der Waals surface area contributed by atoms with Gasteiger partial charge in [0.1, 0.15) is 6.29 Å². The molecule has 0 aliphatic heterocycles. The molecule has 22 heavy (non-hydrogen) atoms. The predicted molar refractivity (Wildman–Crippen MR) is 85.9 cm³/mol. The maximum absolute atomic E-state index is 12.0. The molecule has 3 heteroatoms. The molecule has 114 valence electrons. The lowest BCUT2D eigenvalue weighted by Crippen LogP contribution is -2.29. The zero-order valence-corrected chi connectivity index (χ0v) is 12.8. The van der Waals surface area contributed by atoms with Crippen LogP contribution in [-0.4, -0.2) is 19.4 Å². The molecule has 3 rings (SSSR count). The third-order valence-corrected chi connectivity index (χ3v) is 4.78. The van der Waals surface area contributed by atoms with Gasteiger partial charge in [0.25, 0.3) is 0 Å². The molecule has 3 nitrogen and oxygen atoms in total. The van der Waals surface area contributed by atoms with Crippen molar-refractivity contribution in [1.29, 1.82) is 0 Å². The van der Waals surface area contributed by atoms with Crippen molar-refractivity contribution >= 4 is 23.0 Å². The lowest BCUT2D eigenvalue weighted by atomic mass is 9.74. The van der Waals surface area contributed by atoms with Gasteiger partial charge in [-0.25, -0.2) is 0 Å². The molecule has 0 saturated heterocycles. The minimum atomic E-state index is -0.237. The number of ether oxygens (including phenoxy) is 1. The fraction of sp³-hybridized carbons (Fsp3) is 0.368. The van der Waals surface area contributed by atoms with Crippen LogP contribution in [0.15, 0.2) is 36.4 Å². The van der Waals surface area contributed by atoms with Crippen LogP contribution in [0.1, 0.15) is 36.8 Å². The fourth-order valence-corrected chi connectivity index (χ4v) is 3.81. The van der Waals surface area contributed by atoms with E-state index in [0.29, 0.717) is 12.8 Å². The topological polar surface area (TPSA) is 43.4 Å². The molecule has 1 aliphatic carbocycles. The summed E-state index contributed by atoms with van der Waals surface area (Å²) in [6, 6.07) is 12.6. The van der Waals surface area contributed by atoms with Gasteiger partial charge in [0.15, 0.2) is 0 Å². The zero-order chi connectivity index (χ0) is 15.6. The van der Waals surface area contributed by atoms with E-state index in [1.807, 2.05) is 0 Å². The second-order valence-electron chi connectivity index (χ2n) is 6.09. The first kappa shape index (κ1) is 14.8. The number of benzene rings is 2. The van der Waals surface area contributed by atoms with E-state index < -0.39 is 0 Å². The van der Waals surface area contributed by atoms with Crippen molar-refractivity contribution in [3.8, 4) is 0 Å². The Morgan fingerprint density at radius 3 is 2.77 bits per heavy atom. The van der Waals surface area contributed by atoms with Crippen LogP contribution >= 0.6 is 0 Å². The molecular formula is C19H20O3. The highest BCUT2D eigenvalue weighted by Crippen LogP contribution is 2.47. The lowest BCUT2D eigenvalue weighted by molar-refractivity contribution is -0.142. The summed E-state index contributed by atoms with van der Waals surface area (Å²) < 4.78 is 4.93. The zero-order valence-electron chi connectivity index (χ0n) is 12.8. The molecule has 1 unspecified atom stereocenters. The second kappa shape index (κ2) is 5.91. The standard InChI is InChI=1S/C19H20O3/c1-22-17(21)13-19(10-2-3-11-20)12-15-8-4-6-14-7-5-9-16(19)18(14)15/h4-9,11H,2-3,10,12-13H2,1H3. The molecule has 0 bridgehead atoms. The summed E-state index contributed by atoms with van der Waals surface area (Å²) in [6.45, 7) is 0. The Kier molecular flexibility index (Phi) is 3.97. The van der Waals surface area contributed by atoms with Gasteiger partial charge in [-0.2, -0.15) is 0 Å². The molecule has 1 atom stereocenters. The first-order chi connectivity index (χ1) is 10.7. The summed E-state index contributed by atoms with van der Waals surface area (Å²) in [5.41, 5.74) is 2.29. The van der Waals surface area contributed by atoms with Crippen molar-refractivity contribution in [2.75, 3.05) is 7.11 Å². The number of rotatable bonds is 6. The van der Waals surface area contributed by atoms with Crippen LogP contribution in [0, 0.1) is 0 Å². The van der Waals surface area contributed by atoms with Gasteiger partial charge in [0, 0.05) is 11.8 Å². The van der Waals surface area contributed by atoms with Crippen molar-refractivity contribution < 1.29 is 14.3 Å². The third kappa shape index (κ3) is 2.41. The fourth-order valence-electron chi connectivity index (χ4n) is 3.81. The Bertz CT molecular complexity index is 714. The van der Waals surface area contributed by atoms with Gasteiger partial charge >= 0.3 is 5.97 Å². The van der Waals surface area contributed by atoms with E-state index in [-0.39, 0.29) is 11.4 Å². The molecule has 0 amide bonds. The number of unbranched alkanes of at least 4 members (excludes halogenated alkanes) is 1. The van der Waals surface area contributed by atoms with Crippen LogP contribution < -0.4 is 0 Å². The van der Waals surface area contributed by atoms with Gasteiger partial charge in [-0.1, -0.05) is 36.4 Å². The molecule has 0 heterocycles. The summed E-state index contributed by atoms with van der Waals surface area (Å²) in [5.74, 6) is -0.184. The number of esters is 1. The number of carbonyl (C=O) groups is 2. The number of carbonyl (C=O) groups excluding carboxylic acids is 2. The second-order valence-corrected chi connectivity index (χ2v) is 6.09. The normalized spacial score (nSPS) is 19.3. The lowest BCUT2D eigenvalue weighted by Gasteiger charge is -2.29. The van der Waals surface area contributed by atoms with Crippen molar-refractivity contribution in [3.63, 3.8) is 0 Å². The van der Waals surface area contributed by atoms with Gasteiger partial charge in [-0.3, -0.25) is 4.79 Å². The van der Waals surface area contributed by atoms with Crippen LogP contribution in [-0.2, 0) is 26.2 Å². The summed E-state index contributed by atoms with van der Waals surface area (Å²) in [4.78, 5) is 22.7. The van der Waals surface area contributed by atoms with Crippen LogP contribution in [0.2, 0.25) is 0 Å². The molecular weight excluding hydrogens is 276 g/mol. The molecule has 0 fully saturated rings. The van der Waals surface area contributed by atoms with E-state index in [2.05, 4.69) is 36.4 Å². The first-order valence-corrected chi connectivity index (χ1v) is 7.72. The minimum Gasteiger partial charge on any atom is -0.469 e. The van der Waals surface area contributed by atoms with Crippen molar-refractivity contribution in [2.45, 2.75) is 37.5 Å². The first-order valence-electron chi connectivity index (χ1n) is 7.72. The Balaban J connectivity index is 2.06. The maximum Gasteiger partial charge on any atom is 0.306 e. The van der Waals surface area contributed by atoms with Gasteiger partial charge in [-0.05, 0) is 41.2 Å². The highest BCUT2D eigenvalue weighted by molar-refractivity contribution is 5.93. The molecule has 0 aromatic heterocycles. The van der Waals surface area contributed by atoms with Crippen molar-refractivity contribution in [3.05, 3.63) is 47.5 Å². The van der Waals surface area contributed by atoms with E-state index in [1.165, 1.54) is 29.0 Å². The van der Waals surface area contributed by atoms with Crippen LogP contribution in [0.5, 0.6) is 0 Å². The molecule has 0 spiro atoms. The van der Waals surface area contributed by atoms with Gasteiger partial charge in [0.05, 0.1) is 13.5 Å². The van der Waals surface area contributed by atoms with Gasteiger partial charge in [0.2, 0.25) is 0 Å². The van der Waals surface area contributed by atoms with E-state index in [9.17, 15) is 9.59 Å². The highest BCUT2D eigenvalue weighted by atomic mass is 16.5. The maximum atomic E-state index is 12.0. The molecule has 2 aromatic rings. The van der Waals surface area contributed by atoms with Crippen LogP contribution in [0.25, 0.3) is 10.8 Å². The van der Waals surface area contributed by atoms with E-state index in [4.69, 9.17) is 4.74 Å². The minimum absolute atomic E-state index is 0.184. The van der Waals surface area contributed by atoms with Crippen molar-refractivity contribution in [1.82, 2.24) is 0 Å². The van der Waals surface area contributed by atoms with Gasteiger partial charge in [-0.15, -0.1) is 0 Å². The Labute approximate surface area is 130 Å². The van der Waals surface area contributed by atoms with E-state index in [0.717, 1.165) is 25.5 Å². The molecule has 1 aliphatic rings. The molecule has 0 radical (unpaired) electrons. The summed E-state index contributed by atoms with van der Waals surface area (Å²) in [7, 11) is 1.43. The monoisotopic (exact) mass is 296 g/mol. The third-order valence-electron chi connectivity index (χ3n) is 4.78. The molecule has 2 aromatic carbocycles. The van der Waals surface area contributed by atoms with E-state index >= 15 is 0 Å². The molecule has 0 N–H and O–H groups in total. The number of aldehydes is 1. The Hall–Kier alpha value is -2.16. The average molecular weight is 296 g/mol. The molecule has 0 saturated carbocycles. The number of hydrogen-bond donors (Lipinski definition) is 0. The quantitative estimate of drug-likeness (QED) is 0.465. The summed E-state index contributed by atoms with van der Waals surface area (Å²) in [5, 5.41) is 2.50.